The van der Waals surface area contributed by atoms with E-state index in [2.05, 4.69) is 32.9 Å². The summed E-state index contributed by atoms with van der Waals surface area (Å²) < 4.78 is 0. The lowest BCUT2D eigenvalue weighted by molar-refractivity contribution is -0.136. The second-order valence-electron chi connectivity index (χ2n) is 15.1. The summed E-state index contributed by atoms with van der Waals surface area (Å²) in [4.78, 5) is 86.0. The molecule has 328 valence electrons. The molecule has 0 aliphatic carbocycles. The van der Waals surface area contributed by atoms with Crippen LogP contribution >= 0.6 is 0 Å². The van der Waals surface area contributed by atoms with Crippen molar-refractivity contribution >= 4 is 47.1 Å². The number of unbranched alkanes of at least 4 members (excludes halogenated alkanes) is 12. The Labute approximate surface area is 340 Å². The van der Waals surface area contributed by atoms with Gasteiger partial charge in [-0.25, -0.2) is 0 Å². The number of ketones is 2. The number of carbonyl (C=O) groups is 6. The van der Waals surface area contributed by atoms with E-state index in [4.69, 9.17) is 28.7 Å². The lowest BCUT2D eigenvalue weighted by Crippen LogP contribution is -2.51. The highest BCUT2D eigenvalue weighted by Crippen LogP contribution is 2.19. The molecule has 17 nitrogen and oxygen atoms in total. The zero-order valence-corrected chi connectivity index (χ0v) is 35.0. The molecule has 0 saturated heterocycles. The number of aliphatic imine (C=N–C) groups is 2. The molecule has 14 N–H and O–H groups in total. The van der Waals surface area contributed by atoms with Gasteiger partial charge in [0.05, 0.1) is 12.1 Å². The third-order valence-corrected chi connectivity index (χ3v) is 9.93. The van der Waals surface area contributed by atoms with Crippen molar-refractivity contribution in [1.82, 2.24) is 16.0 Å². The number of aliphatic hydroxyl groups excluding tert-OH is 1. The van der Waals surface area contributed by atoms with Crippen molar-refractivity contribution in [3.8, 4) is 0 Å². The van der Waals surface area contributed by atoms with Crippen LogP contribution in [0.15, 0.2) is 9.98 Å². The van der Waals surface area contributed by atoms with Crippen LogP contribution in [0.3, 0.4) is 0 Å². The summed E-state index contributed by atoms with van der Waals surface area (Å²) in [7, 11) is 1.43. The summed E-state index contributed by atoms with van der Waals surface area (Å²) in [6.07, 6.45) is 14.3. The number of nitrogens with one attached hydrogen (secondary N) is 3. The smallest absolute Gasteiger partial charge is 0.224 e. The Bertz CT molecular complexity index is 1250. The minimum atomic E-state index is -1.41. The van der Waals surface area contributed by atoms with Crippen LogP contribution in [0.25, 0.3) is 0 Å². The molecule has 0 aliphatic rings. The quantitative estimate of drug-likeness (QED) is 0.0251. The molecule has 0 heterocycles. The first-order chi connectivity index (χ1) is 27.1. The molecule has 0 fully saturated rings. The van der Waals surface area contributed by atoms with Crippen molar-refractivity contribution in [3.63, 3.8) is 0 Å². The number of rotatable bonds is 36. The van der Waals surface area contributed by atoms with Gasteiger partial charge in [0.1, 0.15) is 6.04 Å². The van der Waals surface area contributed by atoms with Gasteiger partial charge in [-0.1, -0.05) is 84.0 Å². The van der Waals surface area contributed by atoms with Crippen molar-refractivity contribution in [1.29, 1.82) is 0 Å². The number of aliphatic hydroxyl groups is 1. The van der Waals surface area contributed by atoms with Crippen molar-refractivity contribution in [2.75, 3.05) is 20.1 Å². The molecule has 0 aliphatic heterocycles. The monoisotopic (exact) mass is 809 g/mol. The van der Waals surface area contributed by atoms with Crippen LogP contribution < -0.4 is 44.6 Å². The molecule has 0 aromatic rings. The molecule has 0 aromatic carbocycles. The van der Waals surface area contributed by atoms with Gasteiger partial charge < -0.3 is 49.7 Å². The highest BCUT2D eigenvalue weighted by Gasteiger charge is 2.33. The maximum Gasteiger partial charge on any atom is 0.224 e. The molecule has 0 saturated carbocycles. The van der Waals surface area contributed by atoms with Gasteiger partial charge in [0.2, 0.25) is 23.6 Å². The van der Waals surface area contributed by atoms with Crippen molar-refractivity contribution in [2.45, 2.75) is 173 Å². The molecule has 0 spiro atoms. The van der Waals surface area contributed by atoms with E-state index in [0.717, 1.165) is 19.3 Å². The molecule has 4 amide bonds. The topological polar surface area (TPSA) is 314 Å². The zero-order chi connectivity index (χ0) is 43.0. The molecular weight excluding hydrogens is 733 g/mol. The van der Waals surface area contributed by atoms with E-state index in [1.54, 1.807) is 0 Å². The summed E-state index contributed by atoms with van der Waals surface area (Å²) in [5, 5.41) is 18.4. The van der Waals surface area contributed by atoms with E-state index >= 15 is 0 Å². The SMILES string of the molecule is CCCCCCCCCCCCCCCC(=O)N[C@@H](CCCN=C(N)N)C(=O)C[C@@H](CCC(N)=O)C(=O)N[C@H](C(=O)C[C@@H](CCCN=C(N)N)C(=O)NC)[C@@H](C)O. The van der Waals surface area contributed by atoms with Crippen LogP contribution in [0.1, 0.15) is 155 Å². The summed E-state index contributed by atoms with van der Waals surface area (Å²) in [6.45, 7) is 4.00. The predicted octanol–water partition coefficient (Wildman–Crippen LogP) is 2.09. The molecule has 57 heavy (non-hydrogen) atoms. The van der Waals surface area contributed by atoms with E-state index in [-0.39, 0.29) is 75.9 Å². The average Bonchev–Trinajstić information content (AvgIpc) is 3.15. The van der Waals surface area contributed by atoms with E-state index in [0.29, 0.717) is 19.3 Å². The van der Waals surface area contributed by atoms with Gasteiger partial charge in [0.25, 0.3) is 0 Å². The summed E-state index contributed by atoms with van der Waals surface area (Å²) >= 11 is 0. The van der Waals surface area contributed by atoms with Crippen LogP contribution in [-0.4, -0.2) is 90.5 Å². The van der Waals surface area contributed by atoms with Crippen LogP contribution in [0, 0.1) is 11.8 Å². The molecule has 0 rings (SSSR count). The third-order valence-electron chi connectivity index (χ3n) is 9.93. The van der Waals surface area contributed by atoms with Gasteiger partial charge in [-0.3, -0.25) is 38.8 Å². The Kier molecular flexibility index (Phi) is 30.3. The Hall–Kier alpha value is -4.28. The molecular formula is C40H76N10O7. The van der Waals surface area contributed by atoms with E-state index < -0.39 is 59.3 Å². The normalized spacial score (nSPS) is 13.6. The number of carbonyl (C=O) groups excluding carboxylic acids is 6. The van der Waals surface area contributed by atoms with E-state index in [9.17, 15) is 33.9 Å². The number of hydrogen-bond acceptors (Lipinski definition) is 9. The minimum Gasteiger partial charge on any atom is -0.391 e. The van der Waals surface area contributed by atoms with Crippen LogP contribution in [-0.2, 0) is 28.8 Å². The number of guanidine groups is 2. The number of amides is 4. The number of hydrogen-bond donors (Lipinski definition) is 9. The number of Topliss-reactive ketones (excluding diaryl/α,β-unsaturated/α-hetero) is 2. The fourth-order valence-corrected chi connectivity index (χ4v) is 6.60. The van der Waals surface area contributed by atoms with Gasteiger partial charge in [-0.2, -0.15) is 0 Å². The Balaban J connectivity index is 5.54. The predicted molar refractivity (Wildman–Crippen MR) is 224 cm³/mol. The summed E-state index contributed by atoms with van der Waals surface area (Å²) in [6, 6.07) is -2.37. The van der Waals surface area contributed by atoms with Gasteiger partial charge in [0, 0.05) is 57.7 Å². The van der Waals surface area contributed by atoms with Crippen molar-refractivity contribution in [3.05, 3.63) is 0 Å². The van der Waals surface area contributed by atoms with Crippen LogP contribution in [0.4, 0.5) is 0 Å². The first kappa shape index (κ1) is 52.7. The van der Waals surface area contributed by atoms with Crippen molar-refractivity contribution in [2.24, 2.45) is 50.5 Å². The van der Waals surface area contributed by atoms with E-state index in [1.807, 2.05) is 0 Å². The maximum atomic E-state index is 13.7. The molecule has 0 aromatic heterocycles. The third kappa shape index (κ3) is 27.9. The molecule has 17 heteroatoms. The number of nitrogens with two attached hydrogens (primary N) is 5. The minimum absolute atomic E-state index is 0.103. The fourth-order valence-electron chi connectivity index (χ4n) is 6.60. The lowest BCUT2D eigenvalue weighted by atomic mass is 9.89. The number of primary amides is 1. The summed E-state index contributed by atoms with van der Waals surface area (Å²) in [5.41, 5.74) is 27.0. The maximum absolute atomic E-state index is 13.7. The largest absolute Gasteiger partial charge is 0.391 e. The zero-order valence-electron chi connectivity index (χ0n) is 35.0. The number of nitrogens with zero attached hydrogens (tertiary/aromatic N) is 2. The highest BCUT2D eigenvalue weighted by atomic mass is 16.3. The standard InChI is InChI=1S/C40H76N10O7/c1-4-5-6-7-8-9-10-11-12-13-14-15-16-21-35(55)49-31(20-18-25-48-40(44)45)32(52)26-30(22-23-34(41)54)38(57)50-36(28(2)51)33(53)27-29(37(56)46-3)19-17-24-47-39(42)43/h28-31,36,51H,4-27H2,1-3H3,(H2,41,54)(H,46,56)(H,49,55)(H,50,57)(H4,42,43,47)(H4,44,45,48)/t28-,29-,30-,31+,36+/m1/s1. The van der Waals surface area contributed by atoms with Crippen molar-refractivity contribution < 1.29 is 33.9 Å². The first-order valence-corrected chi connectivity index (χ1v) is 21.1. The Morgan fingerprint density at radius 1 is 0.579 bits per heavy atom. The molecule has 5 atom stereocenters. The molecule has 0 bridgehead atoms. The Morgan fingerprint density at radius 2 is 1.05 bits per heavy atom. The first-order valence-electron chi connectivity index (χ1n) is 21.1. The lowest BCUT2D eigenvalue weighted by Gasteiger charge is -2.26. The van der Waals surface area contributed by atoms with Gasteiger partial charge in [-0.15, -0.1) is 0 Å². The average molecular weight is 809 g/mol. The summed E-state index contributed by atoms with van der Waals surface area (Å²) in [5.74, 6) is -5.33. The van der Waals surface area contributed by atoms with Gasteiger partial charge in [-0.05, 0) is 45.4 Å². The van der Waals surface area contributed by atoms with Gasteiger partial charge >= 0.3 is 0 Å². The molecule has 0 unspecified atom stereocenters. The fraction of sp³-hybridized carbons (Fsp3) is 0.800. The van der Waals surface area contributed by atoms with Gasteiger partial charge in [0.15, 0.2) is 23.5 Å². The highest BCUT2D eigenvalue weighted by molar-refractivity contribution is 5.96. The van der Waals surface area contributed by atoms with E-state index in [1.165, 1.54) is 71.8 Å². The second kappa shape index (κ2) is 32.8. The van der Waals surface area contributed by atoms with Crippen LogP contribution in [0.2, 0.25) is 0 Å². The molecule has 0 radical (unpaired) electrons. The van der Waals surface area contributed by atoms with Crippen LogP contribution in [0.5, 0.6) is 0 Å². The second-order valence-corrected chi connectivity index (χ2v) is 15.1. The Morgan fingerprint density at radius 3 is 1.53 bits per heavy atom.